The zero-order chi connectivity index (χ0) is 12.0. The van der Waals surface area contributed by atoms with Gasteiger partial charge in [-0.2, -0.15) is 5.10 Å². The summed E-state index contributed by atoms with van der Waals surface area (Å²) in [5, 5.41) is 13.5. The summed E-state index contributed by atoms with van der Waals surface area (Å²) in [5.74, 6) is 10.9. The highest BCUT2D eigenvalue weighted by molar-refractivity contribution is 5.75. The minimum Gasteiger partial charge on any atom is -0.392 e. The quantitative estimate of drug-likeness (QED) is 0.192. The van der Waals surface area contributed by atoms with E-state index in [2.05, 4.69) is 10.1 Å². The van der Waals surface area contributed by atoms with Gasteiger partial charge < -0.3 is 15.7 Å². The lowest BCUT2D eigenvalue weighted by Crippen LogP contribution is -2.30. The fourth-order valence-corrected chi connectivity index (χ4v) is 1.21. The maximum Gasteiger partial charge on any atom is 0.148 e. The summed E-state index contributed by atoms with van der Waals surface area (Å²) in [5.41, 5.74) is 1.26. The minimum atomic E-state index is -0.188. The molecule has 0 unspecified atom stereocenters. The Bertz CT molecular complexity index is 393. The number of aldehydes is 1. The number of rotatable bonds is 5. The van der Waals surface area contributed by atoms with Crippen molar-refractivity contribution in [3.05, 3.63) is 23.4 Å². The van der Waals surface area contributed by atoms with E-state index < -0.39 is 0 Å². The van der Waals surface area contributed by atoms with Crippen LogP contribution in [-0.2, 0) is 17.8 Å². The van der Waals surface area contributed by atoms with Gasteiger partial charge in [0.25, 0.3) is 0 Å². The van der Waals surface area contributed by atoms with Crippen molar-refractivity contribution in [2.75, 3.05) is 5.01 Å². The van der Waals surface area contributed by atoms with Crippen molar-refractivity contribution in [2.24, 2.45) is 16.8 Å². The normalized spacial score (nSPS) is 10.6. The van der Waals surface area contributed by atoms with Crippen LogP contribution in [0.25, 0.3) is 0 Å². The average Bonchev–Trinajstić information content (AvgIpc) is 2.30. The second-order valence-electron chi connectivity index (χ2n) is 3.01. The second-order valence-corrected chi connectivity index (χ2v) is 3.01. The van der Waals surface area contributed by atoms with Crippen molar-refractivity contribution in [2.45, 2.75) is 13.0 Å². The van der Waals surface area contributed by atoms with Crippen molar-refractivity contribution in [3.63, 3.8) is 0 Å². The van der Waals surface area contributed by atoms with Gasteiger partial charge in [0, 0.05) is 12.6 Å². The number of carbonyl (C=O) groups is 1. The molecule has 0 bridgehead atoms. The highest BCUT2D eigenvalue weighted by atomic mass is 16.3. The third-order valence-corrected chi connectivity index (χ3v) is 2.00. The Labute approximate surface area is 92.3 Å². The van der Waals surface area contributed by atoms with Gasteiger partial charge in [0.1, 0.15) is 18.4 Å². The Morgan fingerprint density at radius 3 is 2.88 bits per heavy atom. The van der Waals surface area contributed by atoms with E-state index in [1.807, 2.05) is 0 Å². The number of aliphatic hydroxyl groups excluding tert-OH is 1. The number of hydrogen-bond acceptors (Lipinski definition) is 6. The van der Waals surface area contributed by atoms with E-state index >= 15 is 0 Å². The molecule has 0 radical (unpaired) electrons. The summed E-state index contributed by atoms with van der Waals surface area (Å²) in [6.45, 7) is -0.188. The van der Waals surface area contributed by atoms with Crippen molar-refractivity contribution in [1.29, 1.82) is 0 Å². The first kappa shape index (κ1) is 12.1. The van der Waals surface area contributed by atoms with Gasteiger partial charge in [-0.1, -0.05) is 0 Å². The molecule has 0 atom stereocenters. The van der Waals surface area contributed by atoms with Gasteiger partial charge in [-0.15, -0.1) is 0 Å². The summed E-state index contributed by atoms with van der Waals surface area (Å²) < 4.78 is 0. The van der Waals surface area contributed by atoms with Gasteiger partial charge in [0.2, 0.25) is 0 Å². The zero-order valence-electron chi connectivity index (χ0n) is 8.58. The highest BCUT2D eigenvalue weighted by Crippen LogP contribution is 2.14. The molecule has 0 aliphatic rings. The number of hydrogen-bond donors (Lipinski definition) is 3. The summed E-state index contributed by atoms with van der Waals surface area (Å²) in [6.07, 6.45) is 3.62. The van der Waals surface area contributed by atoms with Crippen LogP contribution in [0.5, 0.6) is 0 Å². The summed E-state index contributed by atoms with van der Waals surface area (Å²) >= 11 is 0. The Balaban J connectivity index is 3.02. The molecule has 0 aromatic carbocycles. The molecular formula is C9H13N5O2. The Hall–Kier alpha value is -1.99. The van der Waals surface area contributed by atoms with Crippen LogP contribution in [0.3, 0.4) is 0 Å². The third-order valence-electron chi connectivity index (χ3n) is 2.00. The predicted octanol–water partition coefficient (Wildman–Crippen LogP) is -1.10. The topological polar surface area (TPSA) is 118 Å². The van der Waals surface area contributed by atoms with Crippen LogP contribution in [0.2, 0.25) is 0 Å². The van der Waals surface area contributed by atoms with E-state index in [-0.39, 0.29) is 13.0 Å². The fourth-order valence-electron chi connectivity index (χ4n) is 1.21. The monoisotopic (exact) mass is 223 g/mol. The van der Waals surface area contributed by atoms with Crippen molar-refractivity contribution in [3.8, 4) is 0 Å². The highest BCUT2D eigenvalue weighted by Gasteiger charge is 2.06. The van der Waals surface area contributed by atoms with Crippen molar-refractivity contribution >= 4 is 18.4 Å². The SMILES string of the molecule is N/N=C\N(N)c1cc(CO)c(CC=O)cn1. The van der Waals surface area contributed by atoms with Crippen LogP contribution in [0, 0.1) is 0 Å². The smallest absolute Gasteiger partial charge is 0.148 e. The van der Waals surface area contributed by atoms with E-state index in [1.165, 1.54) is 12.5 Å². The lowest BCUT2D eigenvalue weighted by atomic mass is 10.1. The molecule has 86 valence electrons. The first-order valence-corrected chi connectivity index (χ1v) is 4.52. The number of hydrazine groups is 1. The van der Waals surface area contributed by atoms with Gasteiger partial charge in [-0.25, -0.2) is 15.8 Å². The molecule has 0 saturated heterocycles. The Kier molecular flexibility index (Phi) is 4.37. The molecule has 0 aliphatic heterocycles. The molecule has 7 heteroatoms. The maximum atomic E-state index is 10.4. The van der Waals surface area contributed by atoms with Gasteiger partial charge in [0.05, 0.1) is 6.61 Å². The number of carbonyl (C=O) groups excluding carboxylic acids is 1. The summed E-state index contributed by atoms with van der Waals surface area (Å²) in [4.78, 5) is 14.4. The number of nitrogens with two attached hydrogens (primary N) is 2. The molecule has 5 N–H and O–H groups in total. The summed E-state index contributed by atoms with van der Waals surface area (Å²) in [6, 6.07) is 1.57. The van der Waals surface area contributed by atoms with Gasteiger partial charge >= 0.3 is 0 Å². The zero-order valence-corrected chi connectivity index (χ0v) is 8.58. The number of anilines is 1. The molecule has 1 aromatic heterocycles. The number of nitrogens with zero attached hydrogens (tertiary/aromatic N) is 3. The van der Waals surface area contributed by atoms with E-state index in [4.69, 9.17) is 16.8 Å². The molecule has 0 fully saturated rings. The molecule has 1 heterocycles. The van der Waals surface area contributed by atoms with E-state index in [1.54, 1.807) is 6.07 Å². The van der Waals surface area contributed by atoms with E-state index in [0.29, 0.717) is 16.9 Å². The van der Waals surface area contributed by atoms with Crippen molar-refractivity contribution < 1.29 is 9.90 Å². The minimum absolute atomic E-state index is 0.188. The number of aromatic nitrogens is 1. The molecule has 0 spiro atoms. The Morgan fingerprint density at radius 2 is 2.31 bits per heavy atom. The fraction of sp³-hybridized carbons (Fsp3) is 0.222. The molecule has 0 amide bonds. The van der Waals surface area contributed by atoms with Crippen LogP contribution in [0.4, 0.5) is 5.82 Å². The van der Waals surface area contributed by atoms with E-state index in [0.717, 1.165) is 11.3 Å². The standard InChI is InChI=1S/C9H13N5O2/c10-13-6-14(11)9-3-8(5-16)7(1-2-15)4-12-9/h2-4,6,16H,1,5,10-11H2/b13-6-. The molecule has 0 aliphatic carbocycles. The molecule has 7 nitrogen and oxygen atoms in total. The molecular weight excluding hydrogens is 210 g/mol. The largest absolute Gasteiger partial charge is 0.392 e. The number of hydrazone groups is 1. The lowest BCUT2D eigenvalue weighted by molar-refractivity contribution is -0.107. The van der Waals surface area contributed by atoms with Crippen molar-refractivity contribution in [1.82, 2.24) is 4.98 Å². The first-order valence-electron chi connectivity index (χ1n) is 4.52. The lowest BCUT2D eigenvalue weighted by Gasteiger charge is -2.13. The summed E-state index contributed by atoms with van der Waals surface area (Å²) in [7, 11) is 0. The average molecular weight is 223 g/mol. The van der Waals surface area contributed by atoms with Gasteiger partial charge in [-0.05, 0) is 17.2 Å². The molecule has 1 aromatic rings. The third kappa shape index (κ3) is 2.75. The molecule has 16 heavy (non-hydrogen) atoms. The molecule has 1 rings (SSSR count). The van der Waals surface area contributed by atoms with Crippen LogP contribution in [0.1, 0.15) is 11.1 Å². The second kappa shape index (κ2) is 5.79. The van der Waals surface area contributed by atoms with Crippen LogP contribution in [0.15, 0.2) is 17.4 Å². The maximum absolute atomic E-state index is 10.4. The van der Waals surface area contributed by atoms with Crippen LogP contribution in [-0.4, -0.2) is 22.7 Å². The van der Waals surface area contributed by atoms with Crippen LogP contribution >= 0.6 is 0 Å². The first-order chi connectivity index (χ1) is 7.72. The number of pyridine rings is 1. The van der Waals surface area contributed by atoms with Crippen LogP contribution < -0.4 is 16.7 Å². The molecule has 0 saturated carbocycles. The van der Waals surface area contributed by atoms with Gasteiger partial charge in [-0.3, -0.25) is 0 Å². The van der Waals surface area contributed by atoms with E-state index in [9.17, 15) is 4.79 Å². The predicted molar refractivity (Wildman–Crippen MR) is 59.3 cm³/mol. The van der Waals surface area contributed by atoms with Gasteiger partial charge in [0.15, 0.2) is 0 Å². The number of aliphatic hydroxyl groups is 1. The Morgan fingerprint density at radius 1 is 1.56 bits per heavy atom.